The molecular weight excluding hydrogens is 236 g/mol. The van der Waals surface area contributed by atoms with E-state index in [0.29, 0.717) is 26.4 Å². The molecule has 0 aliphatic carbocycles. The topological polar surface area (TPSA) is 57.2 Å². The highest BCUT2D eigenvalue weighted by molar-refractivity contribution is 4.55. The van der Waals surface area contributed by atoms with Gasteiger partial charge in [-0.15, -0.1) is 0 Å². The molecule has 0 atom stereocenters. The number of aliphatic hydroxyl groups is 1. The number of ether oxygens (including phenoxy) is 4. The van der Waals surface area contributed by atoms with Crippen molar-refractivity contribution >= 4 is 0 Å². The second-order valence-electron chi connectivity index (χ2n) is 4.48. The van der Waals surface area contributed by atoms with Gasteiger partial charge < -0.3 is 24.1 Å². The van der Waals surface area contributed by atoms with Gasteiger partial charge in [0.15, 0.2) is 0 Å². The van der Waals surface area contributed by atoms with E-state index < -0.39 is 0 Å². The van der Waals surface area contributed by atoms with Crippen LogP contribution in [0.3, 0.4) is 0 Å². The van der Waals surface area contributed by atoms with Crippen LogP contribution in [0.15, 0.2) is 0 Å². The van der Waals surface area contributed by atoms with Gasteiger partial charge in [0.05, 0.1) is 19.8 Å². The molecule has 1 aliphatic heterocycles. The Morgan fingerprint density at radius 1 is 0.667 bits per heavy atom. The standard InChI is InChI=1S/C13H26O5/c14-10-13-11-17-8-2-6-15-4-1-5-16-7-3-9-18-12-13/h13-14H,1-12H2. The molecule has 1 N–H and O–H groups in total. The van der Waals surface area contributed by atoms with Crippen LogP contribution in [-0.4, -0.2) is 64.6 Å². The van der Waals surface area contributed by atoms with E-state index in [9.17, 15) is 0 Å². The maximum absolute atomic E-state index is 9.17. The van der Waals surface area contributed by atoms with Crippen LogP contribution in [0.25, 0.3) is 0 Å². The summed E-state index contributed by atoms with van der Waals surface area (Å²) in [6.07, 6.45) is 2.72. The van der Waals surface area contributed by atoms with Gasteiger partial charge >= 0.3 is 0 Å². The van der Waals surface area contributed by atoms with E-state index in [1.54, 1.807) is 0 Å². The van der Waals surface area contributed by atoms with Gasteiger partial charge in [-0.25, -0.2) is 0 Å². The first-order valence-electron chi connectivity index (χ1n) is 6.85. The fourth-order valence-corrected chi connectivity index (χ4v) is 1.65. The number of rotatable bonds is 1. The van der Waals surface area contributed by atoms with Gasteiger partial charge in [0, 0.05) is 45.6 Å². The van der Waals surface area contributed by atoms with Crippen molar-refractivity contribution in [2.75, 3.05) is 59.5 Å². The summed E-state index contributed by atoms with van der Waals surface area (Å²) in [5, 5.41) is 9.17. The molecule has 5 nitrogen and oxygen atoms in total. The summed E-state index contributed by atoms with van der Waals surface area (Å²) in [5.74, 6) is 0.0692. The molecule has 0 spiro atoms. The summed E-state index contributed by atoms with van der Waals surface area (Å²) < 4.78 is 21.9. The Morgan fingerprint density at radius 2 is 1.06 bits per heavy atom. The molecule has 0 bridgehead atoms. The van der Waals surface area contributed by atoms with E-state index in [-0.39, 0.29) is 12.5 Å². The molecule has 18 heavy (non-hydrogen) atoms. The minimum Gasteiger partial charge on any atom is -0.396 e. The minimum absolute atomic E-state index is 0.0692. The second-order valence-corrected chi connectivity index (χ2v) is 4.48. The summed E-state index contributed by atoms with van der Waals surface area (Å²) in [5.41, 5.74) is 0. The van der Waals surface area contributed by atoms with Gasteiger partial charge in [0.2, 0.25) is 0 Å². The number of hydrogen-bond donors (Lipinski definition) is 1. The zero-order valence-corrected chi connectivity index (χ0v) is 11.1. The summed E-state index contributed by atoms with van der Waals surface area (Å²) in [6, 6.07) is 0. The first-order chi connectivity index (χ1) is 8.93. The zero-order valence-electron chi connectivity index (χ0n) is 11.1. The van der Waals surface area contributed by atoms with Gasteiger partial charge in [0.25, 0.3) is 0 Å². The molecule has 1 rings (SSSR count). The third-order valence-electron chi connectivity index (χ3n) is 2.70. The molecule has 5 heteroatoms. The lowest BCUT2D eigenvalue weighted by Gasteiger charge is -2.15. The smallest absolute Gasteiger partial charge is 0.0538 e. The fraction of sp³-hybridized carbons (Fsp3) is 1.00. The lowest BCUT2D eigenvalue weighted by Crippen LogP contribution is -2.21. The van der Waals surface area contributed by atoms with Crippen LogP contribution in [0.2, 0.25) is 0 Å². The fourth-order valence-electron chi connectivity index (χ4n) is 1.65. The molecule has 0 unspecified atom stereocenters. The van der Waals surface area contributed by atoms with Gasteiger partial charge in [-0.1, -0.05) is 0 Å². The minimum atomic E-state index is 0.0692. The molecule has 0 aromatic carbocycles. The van der Waals surface area contributed by atoms with Crippen molar-refractivity contribution in [3.63, 3.8) is 0 Å². The van der Waals surface area contributed by atoms with E-state index in [2.05, 4.69) is 0 Å². The van der Waals surface area contributed by atoms with Crippen LogP contribution < -0.4 is 0 Å². The Kier molecular flexibility index (Phi) is 10.5. The van der Waals surface area contributed by atoms with E-state index in [0.717, 1.165) is 45.7 Å². The van der Waals surface area contributed by atoms with Crippen LogP contribution in [0.1, 0.15) is 19.3 Å². The molecule has 0 aromatic rings. The van der Waals surface area contributed by atoms with Crippen LogP contribution in [0.4, 0.5) is 0 Å². The Bertz CT molecular complexity index is 161. The molecule has 1 heterocycles. The van der Waals surface area contributed by atoms with E-state index >= 15 is 0 Å². The van der Waals surface area contributed by atoms with E-state index in [4.69, 9.17) is 24.1 Å². The largest absolute Gasteiger partial charge is 0.396 e. The lowest BCUT2D eigenvalue weighted by molar-refractivity contribution is -0.00114. The SMILES string of the molecule is OCC1COCCCOCCCOCCCOC1. The van der Waals surface area contributed by atoms with E-state index in [1.807, 2.05) is 0 Å². The molecule has 1 fully saturated rings. The average molecular weight is 262 g/mol. The van der Waals surface area contributed by atoms with Gasteiger partial charge in [-0.05, 0) is 19.3 Å². The quantitative estimate of drug-likeness (QED) is 0.759. The van der Waals surface area contributed by atoms with Crippen molar-refractivity contribution in [1.82, 2.24) is 0 Å². The first kappa shape index (κ1) is 15.9. The van der Waals surface area contributed by atoms with Crippen molar-refractivity contribution in [3.05, 3.63) is 0 Å². The van der Waals surface area contributed by atoms with Crippen molar-refractivity contribution in [2.45, 2.75) is 19.3 Å². The molecule has 108 valence electrons. The number of hydrogen-bond acceptors (Lipinski definition) is 5. The van der Waals surface area contributed by atoms with Crippen LogP contribution in [-0.2, 0) is 18.9 Å². The second kappa shape index (κ2) is 11.9. The van der Waals surface area contributed by atoms with Crippen LogP contribution in [0.5, 0.6) is 0 Å². The molecule has 0 saturated carbocycles. The predicted octanol–water partition coefficient (Wildman–Crippen LogP) is 0.845. The maximum atomic E-state index is 9.17. The monoisotopic (exact) mass is 262 g/mol. The highest BCUT2D eigenvalue weighted by Gasteiger charge is 2.08. The zero-order chi connectivity index (χ0) is 12.9. The van der Waals surface area contributed by atoms with Gasteiger partial charge in [-0.3, -0.25) is 0 Å². The molecule has 0 aromatic heterocycles. The van der Waals surface area contributed by atoms with E-state index in [1.165, 1.54) is 0 Å². The Balaban J connectivity index is 2.15. The Morgan fingerprint density at radius 3 is 1.44 bits per heavy atom. The summed E-state index contributed by atoms with van der Waals surface area (Å²) in [7, 11) is 0. The first-order valence-corrected chi connectivity index (χ1v) is 6.85. The number of aliphatic hydroxyl groups excluding tert-OH is 1. The summed E-state index contributed by atoms with van der Waals surface area (Å²) in [4.78, 5) is 0. The maximum Gasteiger partial charge on any atom is 0.0538 e. The molecule has 1 saturated heterocycles. The summed E-state index contributed by atoms with van der Waals surface area (Å²) >= 11 is 0. The van der Waals surface area contributed by atoms with Gasteiger partial charge in [0.1, 0.15) is 0 Å². The normalized spacial score (nSPS) is 23.8. The third kappa shape index (κ3) is 8.83. The van der Waals surface area contributed by atoms with Crippen molar-refractivity contribution in [1.29, 1.82) is 0 Å². The third-order valence-corrected chi connectivity index (χ3v) is 2.70. The van der Waals surface area contributed by atoms with Crippen LogP contribution in [0, 0.1) is 5.92 Å². The molecular formula is C13H26O5. The van der Waals surface area contributed by atoms with Crippen molar-refractivity contribution < 1.29 is 24.1 Å². The Hall–Kier alpha value is -0.200. The lowest BCUT2D eigenvalue weighted by atomic mass is 10.2. The van der Waals surface area contributed by atoms with Gasteiger partial charge in [-0.2, -0.15) is 0 Å². The highest BCUT2D eigenvalue weighted by atomic mass is 16.5. The highest BCUT2D eigenvalue weighted by Crippen LogP contribution is 2.00. The van der Waals surface area contributed by atoms with Crippen molar-refractivity contribution in [3.8, 4) is 0 Å². The molecule has 0 amide bonds. The predicted molar refractivity (Wildman–Crippen MR) is 67.7 cm³/mol. The molecule has 1 aliphatic rings. The van der Waals surface area contributed by atoms with Crippen LogP contribution >= 0.6 is 0 Å². The Labute approximate surface area is 109 Å². The average Bonchev–Trinajstić information content (AvgIpc) is 2.39. The summed E-state index contributed by atoms with van der Waals surface area (Å²) in [6.45, 7) is 5.49. The molecule has 0 radical (unpaired) electrons. The van der Waals surface area contributed by atoms with Crippen molar-refractivity contribution in [2.24, 2.45) is 5.92 Å².